The monoisotopic (exact) mass is 418 g/mol. The number of nitrogens with zero attached hydrogens (tertiary/aromatic N) is 1. The summed E-state index contributed by atoms with van der Waals surface area (Å²) in [6.07, 6.45) is 0. The van der Waals surface area contributed by atoms with Gasteiger partial charge in [-0.1, -0.05) is 28.1 Å². The first-order chi connectivity index (χ1) is 12.0. The number of esters is 1. The number of halogens is 1. The van der Waals surface area contributed by atoms with Crippen molar-refractivity contribution >= 4 is 33.2 Å². The Balaban J connectivity index is 2.22. The van der Waals surface area contributed by atoms with Crippen molar-refractivity contribution in [2.45, 2.75) is 19.8 Å². The molecule has 0 bridgehead atoms. The van der Waals surface area contributed by atoms with Gasteiger partial charge in [-0.15, -0.1) is 11.3 Å². The minimum absolute atomic E-state index is 0.0170. The Morgan fingerprint density at radius 1 is 1.52 bits per heavy atom. The summed E-state index contributed by atoms with van der Waals surface area (Å²) in [5.41, 5.74) is 7.61. The van der Waals surface area contributed by atoms with Crippen LogP contribution in [0, 0.1) is 18.3 Å². The first-order valence-corrected chi connectivity index (χ1v) is 9.22. The minimum Gasteiger partial charge on any atom is -0.462 e. The molecule has 128 valence electrons. The fraction of sp³-hybridized carbons (Fsp3) is 0.222. The molecule has 0 radical (unpaired) electrons. The number of allylic oxidation sites excluding steroid dienone is 1. The fourth-order valence-electron chi connectivity index (χ4n) is 2.84. The molecule has 1 aliphatic heterocycles. The van der Waals surface area contributed by atoms with Gasteiger partial charge in [0.1, 0.15) is 17.2 Å². The van der Waals surface area contributed by atoms with E-state index in [0.29, 0.717) is 16.9 Å². The van der Waals surface area contributed by atoms with Crippen LogP contribution in [0.4, 0.5) is 0 Å². The second kappa shape index (κ2) is 6.90. The molecule has 0 spiro atoms. The Morgan fingerprint density at radius 3 is 2.92 bits per heavy atom. The largest absolute Gasteiger partial charge is 0.462 e. The van der Waals surface area contributed by atoms with Gasteiger partial charge in [0.2, 0.25) is 5.88 Å². The molecule has 5 nitrogen and oxygen atoms in total. The summed E-state index contributed by atoms with van der Waals surface area (Å²) in [6, 6.07) is 9.81. The number of thiophene rings is 1. The predicted molar refractivity (Wildman–Crippen MR) is 98.5 cm³/mol. The van der Waals surface area contributed by atoms with Gasteiger partial charge in [0, 0.05) is 9.35 Å². The van der Waals surface area contributed by atoms with Crippen LogP contribution < -0.4 is 10.5 Å². The van der Waals surface area contributed by atoms with Crippen LogP contribution in [0.1, 0.15) is 38.5 Å². The number of hydrogen-bond donors (Lipinski definition) is 1. The summed E-state index contributed by atoms with van der Waals surface area (Å²) >= 11 is 4.88. The molecule has 2 heterocycles. The molecule has 1 aliphatic rings. The zero-order valence-corrected chi connectivity index (χ0v) is 16.0. The molecule has 3 rings (SSSR count). The maximum Gasteiger partial charge on any atom is 0.343 e. The number of aryl methyl sites for hydroxylation is 1. The predicted octanol–water partition coefficient (Wildman–Crippen LogP) is 4.21. The highest BCUT2D eigenvalue weighted by molar-refractivity contribution is 9.10. The quantitative estimate of drug-likeness (QED) is 0.754. The van der Waals surface area contributed by atoms with Crippen LogP contribution in [-0.4, -0.2) is 12.6 Å². The van der Waals surface area contributed by atoms with Crippen molar-refractivity contribution in [2.75, 3.05) is 6.61 Å². The van der Waals surface area contributed by atoms with E-state index in [2.05, 4.69) is 22.0 Å². The molecule has 0 saturated carbocycles. The third-order valence-corrected chi connectivity index (χ3v) is 5.52. The molecule has 25 heavy (non-hydrogen) atoms. The average molecular weight is 419 g/mol. The summed E-state index contributed by atoms with van der Waals surface area (Å²) in [5, 5.41) is 9.59. The normalized spacial score (nSPS) is 16.0. The molecule has 1 unspecified atom stereocenters. The number of nitriles is 1. The SMILES string of the molecule is CCOC(=O)c1c(C)sc2c1OC(N)=C(C#N)C2c1cccc(Br)c1. The van der Waals surface area contributed by atoms with E-state index in [1.165, 1.54) is 11.3 Å². The lowest BCUT2D eigenvalue weighted by molar-refractivity contribution is 0.0522. The number of ether oxygens (including phenoxy) is 2. The fourth-order valence-corrected chi connectivity index (χ4v) is 4.47. The van der Waals surface area contributed by atoms with Crippen molar-refractivity contribution in [1.82, 2.24) is 0 Å². The highest BCUT2D eigenvalue weighted by Gasteiger charge is 2.37. The molecule has 0 fully saturated rings. The molecule has 2 N–H and O–H groups in total. The molecular weight excluding hydrogens is 404 g/mol. The Bertz CT molecular complexity index is 927. The summed E-state index contributed by atoms with van der Waals surface area (Å²) < 4.78 is 11.7. The van der Waals surface area contributed by atoms with Gasteiger partial charge in [0.15, 0.2) is 5.75 Å². The van der Waals surface area contributed by atoms with E-state index in [1.54, 1.807) is 6.92 Å². The molecular formula is C18H15BrN2O3S. The summed E-state index contributed by atoms with van der Waals surface area (Å²) in [7, 11) is 0. The molecule has 0 amide bonds. The van der Waals surface area contributed by atoms with E-state index in [9.17, 15) is 10.1 Å². The van der Waals surface area contributed by atoms with Gasteiger partial charge in [-0.2, -0.15) is 5.26 Å². The van der Waals surface area contributed by atoms with E-state index < -0.39 is 5.97 Å². The third kappa shape index (κ3) is 3.03. The van der Waals surface area contributed by atoms with Crippen molar-refractivity contribution in [3.05, 3.63) is 61.1 Å². The van der Waals surface area contributed by atoms with Crippen molar-refractivity contribution in [2.24, 2.45) is 5.73 Å². The second-order valence-corrected chi connectivity index (χ2v) is 7.60. The standard InChI is InChI=1S/C18H15BrN2O3S/c1-3-23-18(22)13-9(2)25-16-14(10-5-4-6-11(19)7-10)12(8-20)17(21)24-15(13)16/h4-7,14H,3,21H2,1-2H3. The zero-order valence-electron chi connectivity index (χ0n) is 13.6. The maximum atomic E-state index is 12.3. The van der Waals surface area contributed by atoms with Gasteiger partial charge >= 0.3 is 5.97 Å². The lowest BCUT2D eigenvalue weighted by Crippen LogP contribution is -2.21. The zero-order chi connectivity index (χ0) is 18.1. The molecule has 0 saturated heterocycles. The maximum absolute atomic E-state index is 12.3. The minimum atomic E-state index is -0.446. The van der Waals surface area contributed by atoms with Crippen molar-refractivity contribution in [1.29, 1.82) is 5.26 Å². The number of hydrogen-bond acceptors (Lipinski definition) is 6. The molecule has 7 heteroatoms. The van der Waals surface area contributed by atoms with Crippen LogP contribution in [0.25, 0.3) is 0 Å². The summed E-state index contributed by atoms with van der Waals surface area (Å²) in [5.74, 6) is -0.414. The summed E-state index contributed by atoms with van der Waals surface area (Å²) in [6.45, 7) is 3.85. The van der Waals surface area contributed by atoms with Gasteiger partial charge in [0.25, 0.3) is 0 Å². The Labute approximate surface area is 157 Å². The smallest absolute Gasteiger partial charge is 0.343 e. The van der Waals surface area contributed by atoms with E-state index in [-0.39, 0.29) is 18.4 Å². The summed E-state index contributed by atoms with van der Waals surface area (Å²) in [4.78, 5) is 13.9. The molecule has 0 aliphatic carbocycles. The van der Waals surface area contributed by atoms with Crippen molar-refractivity contribution in [3.8, 4) is 11.8 Å². The molecule has 1 atom stereocenters. The van der Waals surface area contributed by atoms with E-state index in [1.807, 2.05) is 31.2 Å². The average Bonchev–Trinajstić information content (AvgIpc) is 2.89. The number of nitrogens with two attached hydrogens (primary N) is 1. The Hall–Kier alpha value is -2.30. The first-order valence-electron chi connectivity index (χ1n) is 7.61. The van der Waals surface area contributed by atoms with Crippen LogP contribution >= 0.6 is 27.3 Å². The second-order valence-electron chi connectivity index (χ2n) is 5.43. The molecule has 1 aromatic carbocycles. The number of benzene rings is 1. The van der Waals surface area contributed by atoms with E-state index in [0.717, 1.165) is 19.8 Å². The Kier molecular flexibility index (Phi) is 4.84. The van der Waals surface area contributed by atoms with Crippen LogP contribution in [0.3, 0.4) is 0 Å². The molecule has 2 aromatic rings. The van der Waals surface area contributed by atoms with Crippen molar-refractivity contribution < 1.29 is 14.3 Å². The Morgan fingerprint density at radius 2 is 2.28 bits per heavy atom. The third-order valence-electron chi connectivity index (χ3n) is 3.88. The van der Waals surface area contributed by atoms with Gasteiger partial charge in [-0.05, 0) is 31.5 Å². The lowest BCUT2D eigenvalue weighted by Gasteiger charge is -2.24. The first kappa shape index (κ1) is 17.5. The topological polar surface area (TPSA) is 85.3 Å². The van der Waals surface area contributed by atoms with Gasteiger partial charge < -0.3 is 15.2 Å². The van der Waals surface area contributed by atoms with Crippen LogP contribution in [0.15, 0.2) is 40.2 Å². The number of carbonyl (C=O) groups excluding carboxylic acids is 1. The highest BCUT2D eigenvalue weighted by atomic mass is 79.9. The number of carbonyl (C=O) groups is 1. The van der Waals surface area contributed by atoms with Gasteiger partial charge in [-0.25, -0.2) is 4.79 Å². The van der Waals surface area contributed by atoms with Crippen LogP contribution in [-0.2, 0) is 4.74 Å². The van der Waals surface area contributed by atoms with Gasteiger partial charge in [0.05, 0.1) is 17.4 Å². The van der Waals surface area contributed by atoms with Gasteiger partial charge in [-0.3, -0.25) is 0 Å². The molecule has 1 aromatic heterocycles. The van der Waals surface area contributed by atoms with E-state index in [4.69, 9.17) is 15.2 Å². The lowest BCUT2D eigenvalue weighted by atomic mass is 9.88. The van der Waals surface area contributed by atoms with Crippen LogP contribution in [0.2, 0.25) is 0 Å². The van der Waals surface area contributed by atoms with E-state index >= 15 is 0 Å². The van der Waals surface area contributed by atoms with Crippen molar-refractivity contribution in [3.63, 3.8) is 0 Å². The number of rotatable bonds is 3. The van der Waals surface area contributed by atoms with Crippen LogP contribution in [0.5, 0.6) is 5.75 Å². The number of fused-ring (bicyclic) bond motifs is 1. The highest BCUT2D eigenvalue weighted by Crippen LogP contribution is 2.49.